The van der Waals surface area contributed by atoms with Gasteiger partial charge in [0.15, 0.2) is 11.6 Å². The van der Waals surface area contributed by atoms with Crippen LogP contribution in [0.25, 0.3) is 0 Å². The Hall–Kier alpha value is -2.00. The highest BCUT2D eigenvalue weighted by molar-refractivity contribution is 5.31. The lowest BCUT2D eigenvalue weighted by Gasteiger charge is -2.35. The van der Waals surface area contributed by atoms with Gasteiger partial charge in [-0.25, -0.2) is 8.78 Å². The van der Waals surface area contributed by atoms with E-state index in [2.05, 4.69) is 43.3 Å². The van der Waals surface area contributed by atoms with Gasteiger partial charge in [0.1, 0.15) is 0 Å². The van der Waals surface area contributed by atoms with Gasteiger partial charge in [-0.05, 0) is 79.9 Å². The molecule has 34 heavy (non-hydrogen) atoms. The molecule has 184 valence electrons. The molecule has 0 bridgehead atoms. The first kappa shape index (κ1) is 25.1. The van der Waals surface area contributed by atoms with Gasteiger partial charge in [0, 0.05) is 11.5 Å². The predicted octanol–water partition coefficient (Wildman–Crippen LogP) is 8.46. The zero-order valence-electron chi connectivity index (χ0n) is 20.8. The second-order valence-electron chi connectivity index (χ2n) is 10.7. The van der Waals surface area contributed by atoms with Gasteiger partial charge in [0.2, 0.25) is 0 Å². The minimum atomic E-state index is -1.01. The van der Waals surface area contributed by atoms with E-state index in [0.717, 1.165) is 23.3 Å². The van der Waals surface area contributed by atoms with Crippen molar-refractivity contribution in [3.63, 3.8) is 0 Å². The molecule has 0 aliphatic heterocycles. The highest BCUT2D eigenvalue weighted by Crippen LogP contribution is 2.41. The Morgan fingerprint density at radius 3 is 2.21 bits per heavy atom. The summed E-state index contributed by atoms with van der Waals surface area (Å²) in [5, 5.41) is 9.56. The van der Waals surface area contributed by atoms with E-state index in [1.165, 1.54) is 69.9 Å². The molecule has 4 rings (SSSR count). The molecule has 0 heterocycles. The van der Waals surface area contributed by atoms with Crippen molar-refractivity contribution in [2.75, 3.05) is 0 Å². The zero-order valence-corrected chi connectivity index (χ0v) is 20.8. The van der Waals surface area contributed by atoms with E-state index in [1.807, 2.05) is 0 Å². The van der Waals surface area contributed by atoms with Crippen LogP contribution in [-0.2, 0) is 12.8 Å². The van der Waals surface area contributed by atoms with E-state index < -0.39 is 17.7 Å². The molecule has 0 radical (unpaired) electrons. The fourth-order valence-electron chi connectivity index (χ4n) is 6.16. The number of aryl methyl sites for hydroxylation is 2. The fourth-order valence-corrected chi connectivity index (χ4v) is 6.16. The summed E-state index contributed by atoms with van der Waals surface area (Å²) in [6.07, 6.45) is 15.9. The summed E-state index contributed by atoms with van der Waals surface area (Å²) in [6.45, 7) is 3.75. The number of hydrogen-bond donors (Lipinski definition) is 1. The zero-order chi connectivity index (χ0) is 24.1. The van der Waals surface area contributed by atoms with Crippen LogP contribution in [0.3, 0.4) is 0 Å². The van der Waals surface area contributed by atoms with Crippen molar-refractivity contribution in [2.45, 2.75) is 90.1 Å². The number of halogens is 2. The van der Waals surface area contributed by atoms with Crippen molar-refractivity contribution in [1.82, 2.24) is 0 Å². The van der Waals surface area contributed by atoms with Crippen LogP contribution in [0.2, 0.25) is 0 Å². The molecule has 3 heteroatoms. The second kappa shape index (κ2) is 11.6. The monoisotopic (exact) mass is 466 g/mol. The third kappa shape index (κ3) is 5.97. The van der Waals surface area contributed by atoms with Gasteiger partial charge in [0.05, 0.1) is 6.10 Å². The average molecular weight is 467 g/mol. The summed E-state index contributed by atoms with van der Waals surface area (Å²) in [7, 11) is 0. The van der Waals surface area contributed by atoms with Crippen molar-refractivity contribution in [3.8, 4) is 0 Å². The Kier molecular flexibility index (Phi) is 8.58. The Labute approximate surface area is 204 Å². The summed E-state index contributed by atoms with van der Waals surface area (Å²) >= 11 is 0. The summed E-state index contributed by atoms with van der Waals surface area (Å²) in [4.78, 5) is 0. The molecule has 1 saturated carbocycles. The molecule has 2 aliphatic carbocycles. The topological polar surface area (TPSA) is 20.2 Å². The number of rotatable bonds is 8. The predicted molar refractivity (Wildman–Crippen MR) is 136 cm³/mol. The molecule has 0 saturated heterocycles. The highest BCUT2D eigenvalue weighted by atomic mass is 19.2. The molecule has 2 aromatic rings. The van der Waals surface area contributed by atoms with Crippen LogP contribution >= 0.6 is 0 Å². The minimum absolute atomic E-state index is 0.0116. The molecule has 2 aromatic carbocycles. The molecule has 2 aliphatic rings. The number of benzene rings is 2. The van der Waals surface area contributed by atoms with Crippen molar-refractivity contribution >= 4 is 0 Å². The van der Waals surface area contributed by atoms with Crippen LogP contribution in [0.5, 0.6) is 0 Å². The van der Waals surface area contributed by atoms with Gasteiger partial charge < -0.3 is 5.11 Å². The summed E-state index contributed by atoms with van der Waals surface area (Å²) in [6, 6.07) is 11.7. The second-order valence-corrected chi connectivity index (χ2v) is 10.7. The molecule has 0 spiro atoms. The molecule has 1 nitrogen and oxygen atoms in total. The van der Waals surface area contributed by atoms with E-state index in [0.29, 0.717) is 24.3 Å². The Balaban J connectivity index is 1.30. The van der Waals surface area contributed by atoms with E-state index in [1.54, 1.807) is 6.07 Å². The molecule has 1 N–H and O–H groups in total. The van der Waals surface area contributed by atoms with E-state index in [9.17, 15) is 13.9 Å². The van der Waals surface area contributed by atoms with Gasteiger partial charge >= 0.3 is 0 Å². The van der Waals surface area contributed by atoms with Crippen LogP contribution in [0.4, 0.5) is 8.78 Å². The quantitative estimate of drug-likeness (QED) is 0.387. The van der Waals surface area contributed by atoms with Crippen LogP contribution in [0.15, 0.2) is 48.6 Å². The maximum Gasteiger partial charge on any atom is 0.164 e. The number of hydrogen-bond acceptors (Lipinski definition) is 1. The van der Waals surface area contributed by atoms with Gasteiger partial charge in [-0.2, -0.15) is 0 Å². The van der Waals surface area contributed by atoms with Gasteiger partial charge in [0.25, 0.3) is 0 Å². The Morgan fingerprint density at radius 1 is 0.853 bits per heavy atom. The first-order valence-electron chi connectivity index (χ1n) is 13.4. The molecular weight excluding hydrogens is 426 g/mol. The van der Waals surface area contributed by atoms with E-state index in [4.69, 9.17) is 0 Å². The largest absolute Gasteiger partial charge is 0.389 e. The SMILES string of the molecule is CCCC1CCC(C2C=CC(c3ccc(CCc4ccc(C(C)O)c(F)c4F)cc3)CC2)CC1. The normalized spacial score (nSPS) is 25.9. The van der Waals surface area contributed by atoms with Gasteiger partial charge in [-0.1, -0.05) is 81.2 Å². The maximum absolute atomic E-state index is 14.4. The van der Waals surface area contributed by atoms with Crippen molar-refractivity contribution in [3.05, 3.63) is 82.4 Å². The molecular formula is C31H40F2O. The lowest BCUT2D eigenvalue weighted by atomic mass is 9.70. The highest BCUT2D eigenvalue weighted by Gasteiger charge is 2.28. The number of aliphatic hydroxyl groups is 1. The van der Waals surface area contributed by atoms with E-state index in [-0.39, 0.29) is 5.56 Å². The van der Waals surface area contributed by atoms with Crippen LogP contribution in [-0.4, -0.2) is 5.11 Å². The van der Waals surface area contributed by atoms with E-state index >= 15 is 0 Å². The lowest BCUT2D eigenvalue weighted by molar-refractivity contribution is 0.192. The Bertz CT molecular complexity index is 954. The number of allylic oxidation sites excluding steroid dienone is 2. The van der Waals surface area contributed by atoms with Crippen LogP contribution in [0, 0.1) is 29.4 Å². The number of aliphatic hydroxyl groups excluding tert-OH is 1. The van der Waals surface area contributed by atoms with Gasteiger partial charge in [-0.15, -0.1) is 0 Å². The summed E-state index contributed by atoms with van der Waals surface area (Å²) in [5.74, 6) is 1.33. The third-order valence-corrected chi connectivity index (χ3v) is 8.33. The van der Waals surface area contributed by atoms with Crippen molar-refractivity contribution in [2.24, 2.45) is 17.8 Å². The maximum atomic E-state index is 14.4. The molecule has 1 fully saturated rings. The standard InChI is InChI=1S/C31H40F2O/c1-3-4-22-5-10-24(11-6-22)26-15-17-27(18-16-26)25-12-7-23(8-13-25)9-14-28-19-20-29(21(2)34)31(33)30(28)32/h7-8,12-13,15,17,19-22,24,26-27,34H,3-6,9-11,14,16,18H2,1-2H3. The molecule has 0 amide bonds. The molecule has 3 atom stereocenters. The smallest absolute Gasteiger partial charge is 0.164 e. The third-order valence-electron chi connectivity index (χ3n) is 8.33. The average Bonchev–Trinajstić information content (AvgIpc) is 2.86. The lowest BCUT2D eigenvalue weighted by Crippen LogP contribution is -2.22. The van der Waals surface area contributed by atoms with Crippen molar-refractivity contribution < 1.29 is 13.9 Å². The minimum Gasteiger partial charge on any atom is -0.389 e. The van der Waals surface area contributed by atoms with Crippen LogP contribution in [0.1, 0.15) is 99.5 Å². The van der Waals surface area contributed by atoms with Crippen LogP contribution < -0.4 is 0 Å². The first-order chi connectivity index (χ1) is 16.5. The van der Waals surface area contributed by atoms with Crippen molar-refractivity contribution in [1.29, 1.82) is 0 Å². The first-order valence-corrected chi connectivity index (χ1v) is 13.4. The molecule has 0 aromatic heterocycles. The summed E-state index contributed by atoms with van der Waals surface area (Å²) in [5.41, 5.74) is 2.85. The molecule has 3 unspecified atom stereocenters. The Morgan fingerprint density at radius 2 is 1.59 bits per heavy atom. The fraction of sp³-hybridized carbons (Fsp3) is 0.548. The van der Waals surface area contributed by atoms with Gasteiger partial charge in [-0.3, -0.25) is 0 Å². The summed E-state index contributed by atoms with van der Waals surface area (Å²) < 4.78 is 28.5.